The molecule has 2 aromatic heterocycles. The molecule has 3 heterocycles. The van der Waals surface area contributed by atoms with E-state index in [0.717, 1.165) is 17.5 Å². The van der Waals surface area contributed by atoms with Gasteiger partial charge in [0.05, 0.1) is 0 Å². The Bertz CT molecular complexity index is 1160. The summed E-state index contributed by atoms with van der Waals surface area (Å²) in [7, 11) is 0. The molecular formula is C21H25FN6O2. The van der Waals surface area contributed by atoms with Gasteiger partial charge in [-0.2, -0.15) is 0 Å². The molecule has 1 aliphatic rings. The number of fused-ring (bicyclic) bond motifs is 1. The maximum Gasteiger partial charge on any atom is 0.353 e. The molecular weight excluding hydrogens is 387 g/mol. The van der Waals surface area contributed by atoms with E-state index in [1.807, 2.05) is 0 Å². The summed E-state index contributed by atoms with van der Waals surface area (Å²) in [5.74, 6) is 0.366. The molecule has 3 aromatic rings. The molecule has 1 saturated heterocycles. The highest BCUT2D eigenvalue weighted by Crippen LogP contribution is 2.19. The van der Waals surface area contributed by atoms with Crippen molar-refractivity contribution in [3.8, 4) is 0 Å². The van der Waals surface area contributed by atoms with Crippen LogP contribution >= 0.6 is 0 Å². The van der Waals surface area contributed by atoms with Crippen LogP contribution in [-0.2, 0) is 11.3 Å². The first-order chi connectivity index (χ1) is 14.3. The predicted octanol–water partition coefficient (Wildman–Crippen LogP) is 2.65. The minimum absolute atomic E-state index is 0.118. The molecule has 0 aliphatic carbocycles. The average molecular weight is 412 g/mol. The highest BCUT2D eigenvalue weighted by molar-refractivity contribution is 5.76. The number of halogens is 1. The van der Waals surface area contributed by atoms with Gasteiger partial charge in [0.15, 0.2) is 5.65 Å². The summed E-state index contributed by atoms with van der Waals surface area (Å²) in [6.07, 6.45) is 1.94. The van der Waals surface area contributed by atoms with Crippen LogP contribution in [0.15, 0.2) is 29.1 Å². The Morgan fingerprint density at radius 3 is 2.67 bits per heavy atom. The number of nitrogens with one attached hydrogen (secondary N) is 1. The highest BCUT2D eigenvalue weighted by Gasteiger charge is 2.22. The van der Waals surface area contributed by atoms with E-state index in [1.165, 1.54) is 10.5 Å². The molecule has 0 radical (unpaired) electrons. The zero-order valence-electron chi connectivity index (χ0n) is 17.4. The SMILES string of the molecule is Cc1cc2nn(CC(=O)N3CCC(C)CC3)c(=O)n2c(Nc2ccc(C)c(F)c2)n1. The third-order valence-electron chi connectivity index (χ3n) is 5.55. The highest BCUT2D eigenvalue weighted by atomic mass is 19.1. The minimum Gasteiger partial charge on any atom is -0.341 e. The lowest BCUT2D eigenvalue weighted by atomic mass is 9.99. The Balaban J connectivity index is 1.64. The topological polar surface area (TPSA) is 84.5 Å². The number of aryl methyl sites for hydroxylation is 2. The number of likely N-dealkylation sites (tertiary alicyclic amines) is 1. The molecule has 0 atom stereocenters. The lowest BCUT2D eigenvalue weighted by molar-refractivity contribution is -0.133. The summed E-state index contributed by atoms with van der Waals surface area (Å²) in [4.78, 5) is 31.8. The van der Waals surface area contributed by atoms with Gasteiger partial charge in [0.25, 0.3) is 0 Å². The number of hydrogen-bond acceptors (Lipinski definition) is 5. The molecule has 0 spiro atoms. The van der Waals surface area contributed by atoms with Gasteiger partial charge in [-0.15, -0.1) is 5.10 Å². The van der Waals surface area contributed by atoms with Crippen LogP contribution in [0, 0.1) is 25.6 Å². The van der Waals surface area contributed by atoms with Gasteiger partial charge in [0.2, 0.25) is 11.9 Å². The van der Waals surface area contributed by atoms with Crippen LogP contribution in [0.1, 0.15) is 31.0 Å². The summed E-state index contributed by atoms with van der Waals surface area (Å²) in [5.41, 5.74) is 1.55. The van der Waals surface area contributed by atoms with Crippen LogP contribution in [0.25, 0.3) is 5.65 Å². The fraction of sp³-hybridized carbons (Fsp3) is 0.429. The van der Waals surface area contributed by atoms with Crippen molar-refractivity contribution in [3.63, 3.8) is 0 Å². The van der Waals surface area contributed by atoms with Crippen LogP contribution in [-0.4, -0.2) is 43.1 Å². The Morgan fingerprint density at radius 2 is 1.97 bits per heavy atom. The van der Waals surface area contributed by atoms with E-state index in [2.05, 4.69) is 22.3 Å². The summed E-state index contributed by atoms with van der Waals surface area (Å²) >= 11 is 0. The molecule has 1 amide bonds. The zero-order valence-corrected chi connectivity index (χ0v) is 17.4. The van der Waals surface area contributed by atoms with Crippen LogP contribution in [0.5, 0.6) is 0 Å². The normalized spacial score (nSPS) is 15.0. The van der Waals surface area contributed by atoms with Crippen molar-refractivity contribution in [2.75, 3.05) is 18.4 Å². The lowest BCUT2D eigenvalue weighted by Crippen LogP contribution is -2.41. The van der Waals surface area contributed by atoms with Crippen molar-refractivity contribution in [1.82, 2.24) is 24.1 Å². The molecule has 1 N–H and O–H groups in total. The maximum atomic E-state index is 13.9. The van der Waals surface area contributed by atoms with E-state index in [0.29, 0.717) is 41.6 Å². The van der Waals surface area contributed by atoms with Crippen molar-refractivity contribution in [1.29, 1.82) is 0 Å². The number of rotatable bonds is 4. The number of aromatic nitrogens is 4. The first-order valence-corrected chi connectivity index (χ1v) is 10.1. The quantitative estimate of drug-likeness (QED) is 0.712. The largest absolute Gasteiger partial charge is 0.353 e. The molecule has 0 unspecified atom stereocenters. The number of carbonyl (C=O) groups excluding carboxylic acids is 1. The number of amides is 1. The van der Waals surface area contributed by atoms with Crippen molar-refractivity contribution >= 4 is 23.2 Å². The molecule has 158 valence electrons. The Kier molecular flexibility index (Phi) is 5.27. The molecule has 4 rings (SSSR count). The van der Waals surface area contributed by atoms with Crippen molar-refractivity contribution < 1.29 is 9.18 Å². The molecule has 0 saturated carbocycles. The minimum atomic E-state index is -0.466. The first-order valence-electron chi connectivity index (χ1n) is 10.1. The van der Waals surface area contributed by atoms with E-state index < -0.39 is 5.69 Å². The van der Waals surface area contributed by atoms with Crippen molar-refractivity contribution in [2.45, 2.75) is 40.2 Å². The van der Waals surface area contributed by atoms with Gasteiger partial charge in [-0.05, 0) is 50.3 Å². The number of hydrogen-bond donors (Lipinski definition) is 1. The molecule has 1 aliphatic heterocycles. The van der Waals surface area contributed by atoms with Gasteiger partial charge < -0.3 is 10.2 Å². The molecule has 8 nitrogen and oxygen atoms in total. The van der Waals surface area contributed by atoms with E-state index in [1.54, 1.807) is 36.9 Å². The monoisotopic (exact) mass is 412 g/mol. The van der Waals surface area contributed by atoms with Crippen LogP contribution < -0.4 is 11.0 Å². The van der Waals surface area contributed by atoms with E-state index in [4.69, 9.17) is 0 Å². The van der Waals surface area contributed by atoms with Gasteiger partial charge in [-0.25, -0.2) is 23.3 Å². The van der Waals surface area contributed by atoms with Crippen LogP contribution in [0.2, 0.25) is 0 Å². The van der Waals surface area contributed by atoms with Crippen molar-refractivity contribution in [3.05, 3.63) is 51.8 Å². The average Bonchev–Trinajstić information content (AvgIpc) is 3.00. The molecule has 1 fully saturated rings. The van der Waals surface area contributed by atoms with E-state index >= 15 is 0 Å². The standard InChI is InChI=1S/C21H25FN6O2/c1-13-6-8-26(9-7-13)19(29)12-27-21(30)28-18(25-27)10-15(3)23-20(28)24-16-5-4-14(2)17(22)11-16/h4-5,10-11,13H,6-9,12H2,1-3H3,(H,23,24). The van der Waals surface area contributed by atoms with Crippen LogP contribution in [0.3, 0.4) is 0 Å². The van der Waals surface area contributed by atoms with Gasteiger partial charge in [-0.1, -0.05) is 13.0 Å². The summed E-state index contributed by atoms with van der Waals surface area (Å²) in [5, 5.41) is 7.32. The Morgan fingerprint density at radius 1 is 1.23 bits per heavy atom. The summed E-state index contributed by atoms with van der Waals surface area (Å²) in [6, 6.07) is 6.38. The van der Waals surface area contributed by atoms with Crippen molar-refractivity contribution in [2.24, 2.45) is 5.92 Å². The number of anilines is 2. The number of nitrogens with zero attached hydrogens (tertiary/aromatic N) is 5. The fourth-order valence-electron chi connectivity index (χ4n) is 3.63. The second-order valence-corrected chi connectivity index (χ2v) is 8.01. The van der Waals surface area contributed by atoms with Gasteiger partial charge >= 0.3 is 5.69 Å². The maximum absolute atomic E-state index is 13.9. The van der Waals surface area contributed by atoms with E-state index in [9.17, 15) is 14.0 Å². The lowest BCUT2D eigenvalue weighted by Gasteiger charge is -2.30. The third-order valence-corrected chi connectivity index (χ3v) is 5.55. The second-order valence-electron chi connectivity index (χ2n) is 8.01. The zero-order chi connectivity index (χ0) is 21.4. The smallest absolute Gasteiger partial charge is 0.341 e. The molecule has 30 heavy (non-hydrogen) atoms. The fourth-order valence-corrected chi connectivity index (χ4v) is 3.63. The summed E-state index contributed by atoms with van der Waals surface area (Å²) < 4.78 is 16.4. The predicted molar refractivity (Wildman–Crippen MR) is 111 cm³/mol. The molecule has 9 heteroatoms. The number of carbonyl (C=O) groups is 1. The van der Waals surface area contributed by atoms with Crippen LogP contribution in [0.4, 0.5) is 16.0 Å². The first kappa shape index (κ1) is 20.1. The Labute approximate surface area is 173 Å². The number of piperidine rings is 1. The molecule has 1 aromatic carbocycles. The Hall–Kier alpha value is -3.23. The van der Waals surface area contributed by atoms with E-state index in [-0.39, 0.29) is 24.2 Å². The number of benzene rings is 1. The molecule has 0 bridgehead atoms. The second kappa shape index (κ2) is 7.89. The van der Waals surface area contributed by atoms with Gasteiger partial charge in [-0.3, -0.25) is 4.79 Å². The summed E-state index contributed by atoms with van der Waals surface area (Å²) in [6.45, 7) is 6.93. The third kappa shape index (κ3) is 3.92. The van der Waals surface area contributed by atoms with Gasteiger partial charge in [0.1, 0.15) is 12.4 Å². The van der Waals surface area contributed by atoms with Gasteiger partial charge in [0, 0.05) is 30.5 Å².